The van der Waals surface area contributed by atoms with Gasteiger partial charge < -0.3 is 10.1 Å². The molecule has 4 N–H and O–H groups in total. The Balaban J connectivity index is 2.23. The van der Waals surface area contributed by atoms with Crippen LogP contribution in [0.4, 0.5) is 17.6 Å². The van der Waals surface area contributed by atoms with Crippen molar-refractivity contribution < 1.29 is 4.74 Å². The number of rotatable bonds is 5. The van der Waals surface area contributed by atoms with Crippen LogP contribution >= 0.6 is 22.6 Å². The highest BCUT2D eigenvalue weighted by Gasteiger charge is 2.08. The van der Waals surface area contributed by atoms with E-state index in [1.807, 2.05) is 38.1 Å². The molecule has 0 aliphatic carbocycles. The van der Waals surface area contributed by atoms with Crippen LogP contribution in [0.5, 0.6) is 6.01 Å². The average Bonchev–Trinajstić information content (AvgIpc) is 2.40. The fraction of sp³-hybridized carbons (Fsp3) is 0.250. The summed E-state index contributed by atoms with van der Waals surface area (Å²) in [5.74, 6) is 5.95. The van der Waals surface area contributed by atoms with Crippen LogP contribution in [-0.4, -0.2) is 21.1 Å². The molecule has 0 saturated heterocycles. The van der Waals surface area contributed by atoms with Gasteiger partial charge in [0.05, 0.1) is 6.10 Å². The van der Waals surface area contributed by atoms with Crippen molar-refractivity contribution in [1.29, 1.82) is 0 Å². The van der Waals surface area contributed by atoms with Crippen LogP contribution in [-0.2, 0) is 0 Å². The van der Waals surface area contributed by atoms with Gasteiger partial charge in [-0.15, -0.1) is 0 Å². The van der Waals surface area contributed by atoms with Gasteiger partial charge in [-0.3, -0.25) is 5.43 Å². The molecule has 0 unspecified atom stereocenters. The van der Waals surface area contributed by atoms with Crippen molar-refractivity contribution in [3.8, 4) is 6.01 Å². The molecule has 7 nitrogen and oxygen atoms in total. The summed E-state index contributed by atoms with van der Waals surface area (Å²) in [6.07, 6.45) is -0.0332. The highest BCUT2D eigenvalue weighted by atomic mass is 127. The Morgan fingerprint density at radius 3 is 2.35 bits per heavy atom. The van der Waals surface area contributed by atoms with E-state index in [0.29, 0.717) is 5.95 Å². The van der Waals surface area contributed by atoms with E-state index in [4.69, 9.17) is 10.6 Å². The summed E-state index contributed by atoms with van der Waals surface area (Å²) in [6, 6.07) is 8.06. The molecule has 0 bridgehead atoms. The Bertz CT molecular complexity index is 575. The minimum Gasteiger partial charge on any atom is -0.461 e. The Kier molecular flexibility index (Phi) is 4.90. The summed E-state index contributed by atoms with van der Waals surface area (Å²) in [4.78, 5) is 12.3. The molecule has 0 saturated carbocycles. The highest BCUT2D eigenvalue weighted by Crippen LogP contribution is 2.18. The highest BCUT2D eigenvalue weighted by molar-refractivity contribution is 14.1. The number of ether oxygens (including phenoxy) is 1. The number of nitrogens with zero attached hydrogens (tertiary/aromatic N) is 3. The van der Waals surface area contributed by atoms with Gasteiger partial charge in [-0.2, -0.15) is 15.0 Å². The fourth-order valence-electron chi connectivity index (χ4n) is 1.40. The third kappa shape index (κ3) is 4.17. The van der Waals surface area contributed by atoms with Crippen molar-refractivity contribution in [3.63, 3.8) is 0 Å². The fourth-order valence-corrected chi connectivity index (χ4v) is 1.76. The van der Waals surface area contributed by atoms with Crippen molar-refractivity contribution in [3.05, 3.63) is 27.8 Å². The third-order valence-corrected chi connectivity index (χ3v) is 2.90. The zero-order valence-electron chi connectivity index (χ0n) is 11.1. The molecule has 1 aromatic heterocycles. The van der Waals surface area contributed by atoms with Crippen LogP contribution in [0.1, 0.15) is 13.8 Å². The van der Waals surface area contributed by atoms with Crippen molar-refractivity contribution in [2.24, 2.45) is 5.84 Å². The van der Waals surface area contributed by atoms with Crippen LogP contribution in [0, 0.1) is 3.57 Å². The first-order chi connectivity index (χ1) is 9.56. The Labute approximate surface area is 130 Å². The second kappa shape index (κ2) is 6.66. The summed E-state index contributed by atoms with van der Waals surface area (Å²) in [5, 5.41) is 3.08. The average molecular weight is 386 g/mol. The lowest BCUT2D eigenvalue weighted by molar-refractivity contribution is 0.222. The van der Waals surface area contributed by atoms with Crippen LogP contribution in [0.25, 0.3) is 0 Å². The molecular formula is C12H15IN6O. The van der Waals surface area contributed by atoms with E-state index < -0.39 is 0 Å². The lowest BCUT2D eigenvalue weighted by Crippen LogP contribution is -2.15. The number of halogens is 1. The van der Waals surface area contributed by atoms with Crippen LogP contribution in [0.15, 0.2) is 24.3 Å². The van der Waals surface area contributed by atoms with E-state index in [2.05, 4.69) is 48.3 Å². The number of aromatic nitrogens is 3. The van der Waals surface area contributed by atoms with E-state index in [1.54, 1.807) is 0 Å². The second-order valence-electron chi connectivity index (χ2n) is 4.21. The molecule has 2 rings (SSSR count). The molecule has 0 atom stereocenters. The number of hydrogen-bond acceptors (Lipinski definition) is 7. The molecule has 8 heteroatoms. The summed E-state index contributed by atoms with van der Waals surface area (Å²) in [6.45, 7) is 3.79. The van der Waals surface area contributed by atoms with Crippen LogP contribution < -0.4 is 21.3 Å². The zero-order chi connectivity index (χ0) is 14.5. The number of benzene rings is 1. The molecular weight excluding hydrogens is 371 g/mol. The first-order valence-corrected chi connectivity index (χ1v) is 7.06. The Morgan fingerprint density at radius 2 is 1.75 bits per heavy atom. The lowest BCUT2D eigenvalue weighted by atomic mass is 10.3. The summed E-state index contributed by atoms with van der Waals surface area (Å²) in [5.41, 5.74) is 3.26. The maximum absolute atomic E-state index is 5.46. The number of nitrogen functional groups attached to an aromatic ring is 1. The minimum atomic E-state index is -0.0332. The first kappa shape index (κ1) is 14.7. The molecule has 106 valence electrons. The topological polar surface area (TPSA) is 98.0 Å². The van der Waals surface area contributed by atoms with Gasteiger partial charge in [0.25, 0.3) is 0 Å². The second-order valence-corrected chi connectivity index (χ2v) is 5.45. The van der Waals surface area contributed by atoms with Gasteiger partial charge in [0.15, 0.2) is 0 Å². The zero-order valence-corrected chi connectivity index (χ0v) is 13.2. The normalized spacial score (nSPS) is 10.4. The van der Waals surface area contributed by atoms with E-state index in [-0.39, 0.29) is 18.1 Å². The monoisotopic (exact) mass is 386 g/mol. The molecule has 0 spiro atoms. The largest absolute Gasteiger partial charge is 0.461 e. The smallest absolute Gasteiger partial charge is 0.323 e. The summed E-state index contributed by atoms with van der Waals surface area (Å²) >= 11 is 2.24. The molecule has 20 heavy (non-hydrogen) atoms. The quantitative estimate of drug-likeness (QED) is 0.412. The predicted octanol–water partition coefficient (Wildman–Crippen LogP) is 2.29. The molecule has 0 aliphatic rings. The maximum Gasteiger partial charge on any atom is 0.323 e. The molecule has 1 aromatic carbocycles. The van der Waals surface area contributed by atoms with Gasteiger partial charge >= 0.3 is 6.01 Å². The number of hydrogen-bond donors (Lipinski definition) is 3. The Morgan fingerprint density at radius 1 is 1.10 bits per heavy atom. The van der Waals surface area contributed by atoms with Crippen LogP contribution in [0.2, 0.25) is 0 Å². The van der Waals surface area contributed by atoms with E-state index in [0.717, 1.165) is 9.26 Å². The number of hydrazine groups is 1. The molecule has 1 heterocycles. The summed E-state index contributed by atoms with van der Waals surface area (Å²) in [7, 11) is 0. The van der Waals surface area contributed by atoms with Crippen molar-refractivity contribution >= 4 is 40.2 Å². The van der Waals surface area contributed by atoms with E-state index in [1.165, 1.54) is 0 Å². The summed E-state index contributed by atoms with van der Waals surface area (Å²) < 4.78 is 6.61. The minimum absolute atomic E-state index is 0.0332. The van der Waals surface area contributed by atoms with Gasteiger partial charge in [0, 0.05) is 9.26 Å². The van der Waals surface area contributed by atoms with Gasteiger partial charge in [0.1, 0.15) is 0 Å². The van der Waals surface area contributed by atoms with Gasteiger partial charge in [-0.25, -0.2) is 5.84 Å². The number of nitrogens with two attached hydrogens (primary N) is 1. The van der Waals surface area contributed by atoms with Gasteiger partial charge in [-0.05, 0) is 60.7 Å². The predicted molar refractivity (Wildman–Crippen MR) is 85.8 cm³/mol. The Hall–Kier alpha value is -1.68. The molecule has 0 amide bonds. The van der Waals surface area contributed by atoms with Gasteiger partial charge in [-0.1, -0.05) is 0 Å². The standard InChI is InChI=1S/C12H15IN6O/c1-7(2)20-12-17-10(16-11(18-12)19-14)15-9-5-3-8(13)4-6-9/h3-7H,14H2,1-2H3,(H2,15,16,17,18,19). The SMILES string of the molecule is CC(C)Oc1nc(NN)nc(Nc2ccc(I)cc2)n1. The van der Waals surface area contributed by atoms with Crippen molar-refractivity contribution in [1.82, 2.24) is 15.0 Å². The molecule has 0 radical (unpaired) electrons. The lowest BCUT2D eigenvalue weighted by Gasteiger charge is -2.11. The van der Waals surface area contributed by atoms with E-state index >= 15 is 0 Å². The van der Waals surface area contributed by atoms with Gasteiger partial charge in [0.2, 0.25) is 11.9 Å². The third-order valence-electron chi connectivity index (χ3n) is 2.19. The van der Waals surface area contributed by atoms with Crippen LogP contribution in [0.3, 0.4) is 0 Å². The molecule has 0 aliphatic heterocycles. The maximum atomic E-state index is 5.46. The molecule has 0 fully saturated rings. The van der Waals surface area contributed by atoms with Crippen molar-refractivity contribution in [2.45, 2.75) is 20.0 Å². The number of nitrogens with one attached hydrogen (secondary N) is 2. The van der Waals surface area contributed by atoms with Crippen molar-refractivity contribution in [2.75, 3.05) is 10.7 Å². The molecule has 2 aromatic rings. The van der Waals surface area contributed by atoms with E-state index in [9.17, 15) is 0 Å². The number of anilines is 3. The first-order valence-electron chi connectivity index (χ1n) is 5.99.